The summed E-state index contributed by atoms with van der Waals surface area (Å²) in [4.78, 5) is 9.67. The number of hydrogen-bond donors (Lipinski definition) is 3. The van der Waals surface area contributed by atoms with Crippen LogP contribution in [0.1, 0.15) is 0 Å². The van der Waals surface area contributed by atoms with Crippen LogP contribution >= 0.6 is 0 Å². The number of carbonyl (C=O) groups excluding carboxylic acids is 1. The number of hydrogen-bond acceptors (Lipinski definition) is 5. The number of carboxylic acids is 1. The van der Waals surface area contributed by atoms with Gasteiger partial charge in [-0.15, -0.1) is 0 Å². The van der Waals surface area contributed by atoms with E-state index < -0.39 is 24.8 Å². The molecule has 0 bridgehead atoms. The largest absolute Gasteiger partial charge is 1.00 e. The van der Waals surface area contributed by atoms with Crippen LogP contribution in [0.15, 0.2) is 0 Å². The zero-order valence-corrected chi connectivity index (χ0v) is 7.52. The van der Waals surface area contributed by atoms with E-state index in [2.05, 4.69) is 0 Å². The first kappa shape index (κ1) is 13.0. The molecule has 6 heteroatoms. The maximum Gasteiger partial charge on any atom is 1.00 e. The molecule has 0 fully saturated rings. The van der Waals surface area contributed by atoms with Gasteiger partial charge in [0.15, 0.2) is 0 Å². The van der Waals surface area contributed by atoms with E-state index in [1.165, 1.54) is 0 Å². The molecule has 0 aromatic carbocycles. The molecule has 54 valence electrons. The van der Waals surface area contributed by atoms with Gasteiger partial charge >= 0.3 is 29.6 Å². The first-order valence-corrected chi connectivity index (χ1v) is 2.27. The zero-order valence-electron chi connectivity index (χ0n) is 5.52. The van der Waals surface area contributed by atoms with Gasteiger partial charge in [0, 0.05) is 0 Å². The molecule has 0 saturated heterocycles. The van der Waals surface area contributed by atoms with Crippen molar-refractivity contribution in [2.24, 2.45) is 0 Å². The molecule has 0 amide bonds. The molecule has 0 heterocycles. The van der Waals surface area contributed by atoms with Crippen molar-refractivity contribution in [3.05, 3.63) is 0 Å². The Balaban J connectivity index is 0. The molecule has 0 aliphatic rings. The maximum absolute atomic E-state index is 9.67. The summed E-state index contributed by atoms with van der Waals surface area (Å²) in [5.74, 6) is -1.79. The molecule has 0 spiro atoms. The van der Waals surface area contributed by atoms with Gasteiger partial charge < -0.3 is 25.2 Å². The van der Waals surface area contributed by atoms with Crippen molar-refractivity contribution in [3.63, 3.8) is 0 Å². The summed E-state index contributed by atoms with van der Waals surface area (Å²) in [6, 6.07) is 0. The Hall–Kier alpha value is 0.350. The summed E-state index contributed by atoms with van der Waals surface area (Å²) in [6.45, 7) is -0.796. The second-order valence-electron chi connectivity index (χ2n) is 1.51. The first-order chi connectivity index (χ1) is 4.09. The van der Waals surface area contributed by atoms with Gasteiger partial charge in [-0.3, -0.25) is 0 Å². The summed E-state index contributed by atoms with van der Waals surface area (Å²) in [5, 5.41) is 34.4. The van der Waals surface area contributed by atoms with Crippen LogP contribution in [0, 0.1) is 0 Å². The molecule has 0 saturated carbocycles. The minimum absolute atomic E-state index is 0. The predicted molar refractivity (Wildman–Crippen MR) is 24.1 cm³/mol. The van der Waals surface area contributed by atoms with Gasteiger partial charge in [0.2, 0.25) is 0 Å². The fraction of sp³-hybridized carbons (Fsp3) is 0.750. The second kappa shape index (κ2) is 6.09. The molecule has 0 radical (unpaired) electrons. The average molecular weight is 158 g/mol. The third-order valence-corrected chi connectivity index (χ3v) is 0.793. The molecular formula is C4H7NaO5. The van der Waals surface area contributed by atoms with Crippen molar-refractivity contribution in [2.75, 3.05) is 6.61 Å². The number of aliphatic hydroxyl groups is 3. The van der Waals surface area contributed by atoms with Gasteiger partial charge in [0.05, 0.1) is 12.6 Å². The first-order valence-electron chi connectivity index (χ1n) is 2.27. The van der Waals surface area contributed by atoms with Gasteiger partial charge in [-0.05, 0) is 0 Å². The molecule has 0 aromatic rings. The van der Waals surface area contributed by atoms with Crippen LogP contribution < -0.4 is 34.7 Å². The average Bonchev–Trinajstić information content (AvgIpc) is 1.84. The van der Waals surface area contributed by atoms with E-state index in [4.69, 9.17) is 15.3 Å². The molecule has 0 aliphatic heterocycles. The fourth-order valence-electron chi connectivity index (χ4n) is 0.257. The van der Waals surface area contributed by atoms with Crippen LogP contribution in [-0.2, 0) is 4.79 Å². The van der Waals surface area contributed by atoms with Crippen molar-refractivity contribution >= 4 is 5.97 Å². The third-order valence-electron chi connectivity index (χ3n) is 0.793. The molecule has 0 aliphatic carbocycles. The van der Waals surface area contributed by atoms with Crippen LogP contribution in [0.25, 0.3) is 0 Å². The van der Waals surface area contributed by atoms with E-state index in [9.17, 15) is 9.90 Å². The molecule has 10 heavy (non-hydrogen) atoms. The monoisotopic (exact) mass is 158 g/mol. The number of carboxylic acid groups (broad SMARTS) is 1. The van der Waals surface area contributed by atoms with E-state index >= 15 is 0 Å². The number of rotatable bonds is 3. The fourth-order valence-corrected chi connectivity index (χ4v) is 0.257. The van der Waals surface area contributed by atoms with Crippen molar-refractivity contribution in [1.82, 2.24) is 0 Å². The van der Waals surface area contributed by atoms with Crippen molar-refractivity contribution in [2.45, 2.75) is 12.2 Å². The minimum atomic E-state index is -2.00. The Morgan fingerprint density at radius 1 is 1.50 bits per heavy atom. The van der Waals surface area contributed by atoms with E-state index in [1.54, 1.807) is 0 Å². The van der Waals surface area contributed by atoms with Crippen LogP contribution in [-0.4, -0.2) is 40.1 Å². The van der Waals surface area contributed by atoms with Gasteiger partial charge in [-0.1, -0.05) is 0 Å². The van der Waals surface area contributed by atoms with Gasteiger partial charge in [-0.25, -0.2) is 0 Å². The zero-order chi connectivity index (χ0) is 7.44. The van der Waals surface area contributed by atoms with Crippen molar-refractivity contribution in [1.29, 1.82) is 0 Å². The Bertz CT molecular complexity index is 106. The molecule has 2 atom stereocenters. The Kier molecular flexibility index (Phi) is 7.90. The number of aliphatic hydroxyl groups excluding tert-OH is 3. The number of aliphatic carboxylic acids is 1. The summed E-state index contributed by atoms with van der Waals surface area (Å²) in [6.07, 6.45) is -3.66. The number of carbonyl (C=O) groups is 1. The SMILES string of the molecule is O=C([O-])[C@@H](O)[C@@H](O)CO.[Na+]. The van der Waals surface area contributed by atoms with Gasteiger partial charge in [0.25, 0.3) is 0 Å². The predicted octanol–water partition coefficient (Wildman–Crippen LogP) is -6.55. The summed E-state index contributed by atoms with van der Waals surface area (Å²) in [5.41, 5.74) is 0. The van der Waals surface area contributed by atoms with Crippen LogP contribution in [0.2, 0.25) is 0 Å². The minimum Gasteiger partial charge on any atom is -0.547 e. The van der Waals surface area contributed by atoms with Crippen LogP contribution in [0.4, 0.5) is 0 Å². The molecular weight excluding hydrogens is 151 g/mol. The standard InChI is InChI=1S/C4H8O5.Na/c5-1-2(6)3(7)4(8)9;/h2-3,5-7H,1H2,(H,8,9);/q;+1/p-1/t2-,3-;/m0./s1. The Morgan fingerprint density at radius 2 is 1.90 bits per heavy atom. The molecule has 0 rings (SSSR count). The Labute approximate surface area is 79.6 Å². The topological polar surface area (TPSA) is 101 Å². The molecule has 0 aromatic heterocycles. The summed E-state index contributed by atoms with van der Waals surface area (Å²) in [7, 11) is 0. The maximum atomic E-state index is 9.67. The van der Waals surface area contributed by atoms with Crippen LogP contribution in [0.5, 0.6) is 0 Å². The van der Waals surface area contributed by atoms with Crippen molar-refractivity contribution < 1.29 is 54.8 Å². The van der Waals surface area contributed by atoms with Crippen molar-refractivity contribution in [3.8, 4) is 0 Å². The quantitative estimate of drug-likeness (QED) is 0.354. The van der Waals surface area contributed by atoms with E-state index in [-0.39, 0.29) is 29.6 Å². The second-order valence-corrected chi connectivity index (χ2v) is 1.51. The van der Waals surface area contributed by atoms with E-state index in [1.807, 2.05) is 0 Å². The van der Waals surface area contributed by atoms with E-state index in [0.29, 0.717) is 0 Å². The Morgan fingerprint density at radius 3 is 2.00 bits per heavy atom. The molecule has 5 nitrogen and oxygen atoms in total. The smallest absolute Gasteiger partial charge is 0.547 e. The normalized spacial score (nSPS) is 15.1. The van der Waals surface area contributed by atoms with E-state index in [0.717, 1.165) is 0 Å². The van der Waals surface area contributed by atoms with Gasteiger partial charge in [0.1, 0.15) is 12.2 Å². The molecule has 3 N–H and O–H groups in total. The third kappa shape index (κ3) is 4.21. The van der Waals surface area contributed by atoms with Crippen LogP contribution in [0.3, 0.4) is 0 Å². The summed E-state index contributed by atoms with van der Waals surface area (Å²) >= 11 is 0. The van der Waals surface area contributed by atoms with Gasteiger partial charge in [-0.2, -0.15) is 0 Å². The molecule has 0 unspecified atom stereocenters. The summed E-state index contributed by atoms with van der Waals surface area (Å²) < 4.78 is 0.